The number of nitrogens with one attached hydrogen (secondary N) is 1. The largest absolute Gasteiger partial charge is 0.466 e. The second kappa shape index (κ2) is 10.9. The van der Waals surface area contributed by atoms with Crippen LogP contribution >= 0.6 is 7.82 Å². The van der Waals surface area contributed by atoms with Crippen LogP contribution in [0.2, 0.25) is 0 Å². The first-order chi connectivity index (χ1) is 8.39. The summed E-state index contributed by atoms with van der Waals surface area (Å²) in [5, 5.41) is 3.16. The van der Waals surface area contributed by atoms with Crippen LogP contribution in [0.4, 0.5) is 0 Å². The average molecular weight is 284 g/mol. The zero-order valence-corrected chi connectivity index (χ0v) is 11.5. The van der Waals surface area contributed by atoms with Gasteiger partial charge in [-0.1, -0.05) is 19.3 Å². The van der Waals surface area contributed by atoms with Crippen molar-refractivity contribution in [3.8, 4) is 0 Å². The molecule has 2 aliphatic rings. The Balaban J connectivity index is 0.000000245. The van der Waals surface area contributed by atoms with Crippen molar-refractivity contribution in [2.45, 2.75) is 38.1 Å². The molecule has 1 aliphatic carbocycles. The molecule has 1 aliphatic heterocycles. The predicted molar refractivity (Wildman–Crippen MR) is 69.0 cm³/mol. The van der Waals surface area contributed by atoms with E-state index in [0.717, 1.165) is 26.3 Å². The summed E-state index contributed by atoms with van der Waals surface area (Å²) in [5.41, 5.74) is 5.63. The van der Waals surface area contributed by atoms with Gasteiger partial charge < -0.3 is 30.5 Å². The van der Waals surface area contributed by atoms with Gasteiger partial charge in [0, 0.05) is 19.1 Å². The maximum Gasteiger partial charge on any atom is 0.466 e. The fourth-order valence-electron chi connectivity index (χ4n) is 1.65. The van der Waals surface area contributed by atoms with Gasteiger partial charge in [-0.15, -0.1) is 0 Å². The molecule has 2 fully saturated rings. The third-order valence-corrected chi connectivity index (χ3v) is 2.50. The number of nitrogens with two attached hydrogens (primary N) is 1. The molecule has 0 aromatic rings. The Morgan fingerprint density at radius 1 is 1.06 bits per heavy atom. The Morgan fingerprint density at radius 2 is 1.50 bits per heavy atom. The monoisotopic (exact) mass is 284 g/mol. The number of hydrogen-bond donors (Lipinski definition) is 5. The first kappa shape index (κ1) is 18.0. The maximum atomic E-state index is 8.88. The topological polar surface area (TPSA) is 125 Å². The van der Waals surface area contributed by atoms with E-state index in [2.05, 4.69) is 5.32 Å². The van der Waals surface area contributed by atoms with Crippen molar-refractivity contribution in [1.29, 1.82) is 0 Å². The fourth-order valence-corrected chi connectivity index (χ4v) is 1.65. The Hall–Kier alpha value is -0.0100. The molecule has 7 nitrogen and oxygen atoms in total. The summed E-state index contributed by atoms with van der Waals surface area (Å²) < 4.78 is 13.9. The second-order valence-corrected chi connectivity index (χ2v) is 5.30. The van der Waals surface area contributed by atoms with Crippen LogP contribution in [0.3, 0.4) is 0 Å². The number of ether oxygens (including phenoxy) is 1. The predicted octanol–water partition coefficient (Wildman–Crippen LogP) is -0.0446. The molecule has 0 bridgehead atoms. The Kier molecular flexibility index (Phi) is 10.9. The lowest BCUT2D eigenvalue weighted by Gasteiger charge is -2.15. The van der Waals surface area contributed by atoms with Crippen molar-refractivity contribution in [3.05, 3.63) is 0 Å². The molecule has 1 saturated carbocycles. The molecular weight excluding hydrogens is 259 g/mol. The summed E-state index contributed by atoms with van der Waals surface area (Å²) in [5.74, 6) is 0. The molecule has 1 saturated heterocycles. The second-order valence-electron chi connectivity index (χ2n) is 4.27. The van der Waals surface area contributed by atoms with Crippen LogP contribution in [0.1, 0.15) is 32.1 Å². The third-order valence-electron chi connectivity index (χ3n) is 2.50. The van der Waals surface area contributed by atoms with Crippen molar-refractivity contribution in [2.75, 3.05) is 26.3 Å². The molecule has 0 atom stereocenters. The normalized spacial score (nSPS) is 21.1. The maximum absolute atomic E-state index is 8.88. The minimum atomic E-state index is -4.64. The van der Waals surface area contributed by atoms with E-state index in [-0.39, 0.29) is 0 Å². The number of phosphoric acid groups is 1. The molecule has 0 unspecified atom stereocenters. The van der Waals surface area contributed by atoms with E-state index >= 15 is 0 Å². The Labute approximate surface area is 108 Å². The van der Waals surface area contributed by atoms with Crippen molar-refractivity contribution < 1.29 is 24.0 Å². The Bertz CT molecular complexity index is 207. The van der Waals surface area contributed by atoms with E-state index in [0.29, 0.717) is 6.04 Å². The standard InChI is InChI=1S/C6H13N.C4H9NO.H3O4P/c7-6-4-2-1-3-5-6;1-3-6-4-2-5-1;1-5(2,3)4/h6H,1-5,7H2;5H,1-4H2;(H3,1,2,3,4). The van der Waals surface area contributed by atoms with Crippen molar-refractivity contribution >= 4 is 7.82 Å². The molecule has 0 amide bonds. The van der Waals surface area contributed by atoms with Gasteiger partial charge in [0.15, 0.2) is 0 Å². The van der Waals surface area contributed by atoms with Gasteiger partial charge in [-0.2, -0.15) is 0 Å². The Morgan fingerprint density at radius 3 is 1.67 bits per heavy atom. The van der Waals surface area contributed by atoms with E-state index in [1.807, 2.05) is 0 Å². The van der Waals surface area contributed by atoms with Crippen molar-refractivity contribution in [2.24, 2.45) is 5.73 Å². The van der Waals surface area contributed by atoms with Crippen LogP contribution < -0.4 is 11.1 Å². The molecule has 0 radical (unpaired) electrons. The van der Waals surface area contributed by atoms with Crippen LogP contribution in [-0.2, 0) is 9.30 Å². The van der Waals surface area contributed by atoms with E-state index < -0.39 is 7.82 Å². The quantitative estimate of drug-likeness (QED) is 0.395. The van der Waals surface area contributed by atoms with Crippen LogP contribution in [0.5, 0.6) is 0 Å². The van der Waals surface area contributed by atoms with E-state index in [4.69, 9.17) is 29.7 Å². The minimum absolute atomic E-state index is 0.536. The van der Waals surface area contributed by atoms with Crippen LogP contribution in [0.25, 0.3) is 0 Å². The van der Waals surface area contributed by atoms with E-state index in [9.17, 15) is 0 Å². The smallest absolute Gasteiger partial charge is 0.379 e. The van der Waals surface area contributed by atoms with Crippen molar-refractivity contribution in [1.82, 2.24) is 5.32 Å². The first-order valence-corrected chi connectivity index (χ1v) is 7.78. The molecule has 2 rings (SSSR count). The molecule has 110 valence electrons. The molecule has 18 heavy (non-hydrogen) atoms. The van der Waals surface area contributed by atoms with Gasteiger partial charge in [0.1, 0.15) is 0 Å². The summed E-state index contributed by atoms with van der Waals surface area (Å²) in [6.07, 6.45) is 6.66. The lowest BCUT2D eigenvalue weighted by atomic mass is 9.97. The third kappa shape index (κ3) is 18.4. The van der Waals surface area contributed by atoms with Gasteiger partial charge >= 0.3 is 7.82 Å². The van der Waals surface area contributed by atoms with Crippen LogP contribution in [0.15, 0.2) is 0 Å². The van der Waals surface area contributed by atoms with Gasteiger partial charge in [-0.05, 0) is 12.8 Å². The SMILES string of the molecule is C1COCCN1.NC1CCCCC1.O=P(O)(O)O. The van der Waals surface area contributed by atoms with Crippen LogP contribution in [0, 0.1) is 0 Å². The summed E-state index contributed by atoms with van der Waals surface area (Å²) in [6, 6.07) is 0.536. The van der Waals surface area contributed by atoms with Gasteiger partial charge in [0.05, 0.1) is 13.2 Å². The van der Waals surface area contributed by atoms with E-state index in [1.54, 1.807) is 0 Å². The highest BCUT2D eigenvalue weighted by Gasteiger charge is 2.06. The van der Waals surface area contributed by atoms with Crippen LogP contribution in [-0.4, -0.2) is 47.0 Å². The molecule has 8 heteroatoms. The molecule has 0 spiro atoms. The molecule has 6 N–H and O–H groups in total. The molecule has 0 aromatic heterocycles. The fraction of sp³-hybridized carbons (Fsp3) is 1.00. The van der Waals surface area contributed by atoms with Gasteiger partial charge in [-0.3, -0.25) is 0 Å². The molecule has 1 heterocycles. The molecular formula is C10H25N2O5P. The zero-order valence-electron chi connectivity index (χ0n) is 10.6. The van der Waals surface area contributed by atoms with Gasteiger partial charge in [0.2, 0.25) is 0 Å². The summed E-state index contributed by atoms with van der Waals surface area (Å²) in [6.45, 7) is 3.83. The highest BCUT2D eigenvalue weighted by molar-refractivity contribution is 7.45. The number of hydrogen-bond acceptors (Lipinski definition) is 4. The average Bonchev–Trinajstić information content (AvgIpc) is 2.31. The lowest BCUT2D eigenvalue weighted by molar-refractivity contribution is 0.109. The highest BCUT2D eigenvalue weighted by atomic mass is 31.2. The highest BCUT2D eigenvalue weighted by Crippen LogP contribution is 2.25. The van der Waals surface area contributed by atoms with Crippen molar-refractivity contribution in [3.63, 3.8) is 0 Å². The van der Waals surface area contributed by atoms with Gasteiger partial charge in [0.25, 0.3) is 0 Å². The summed E-state index contributed by atoms with van der Waals surface area (Å²) in [7, 11) is -4.64. The van der Waals surface area contributed by atoms with Gasteiger partial charge in [-0.25, -0.2) is 4.57 Å². The zero-order chi connectivity index (χ0) is 13.9. The summed E-state index contributed by atoms with van der Waals surface area (Å²) in [4.78, 5) is 21.6. The molecule has 0 aromatic carbocycles. The van der Waals surface area contributed by atoms with E-state index in [1.165, 1.54) is 32.1 Å². The lowest BCUT2D eigenvalue weighted by Crippen LogP contribution is -2.30. The number of morpholine rings is 1. The summed E-state index contributed by atoms with van der Waals surface area (Å²) >= 11 is 0. The minimum Gasteiger partial charge on any atom is -0.379 e. The first-order valence-electron chi connectivity index (χ1n) is 6.22. The number of rotatable bonds is 0.